The van der Waals surface area contributed by atoms with E-state index in [0.717, 1.165) is 18.7 Å². The first-order chi connectivity index (χ1) is 7.29. The number of hydrogen-bond donors (Lipinski definition) is 1. The summed E-state index contributed by atoms with van der Waals surface area (Å²) >= 11 is 6.04. The Morgan fingerprint density at radius 1 is 1.40 bits per heavy atom. The quantitative estimate of drug-likeness (QED) is 0.760. The first-order valence-electron chi connectivity index (χ1n) is 4.89. The van der Waals surface area contributed by atoms with E-state index >= 15 is 0 Å². The van der Waals surface area contributed by atoms with Crippen molar-refractivity contribution in [2.75, 3.05) is 20.4 Å². The van der Waals surface area contributed by atoms with E-state index in [1.54, 1.807) is 7.11 Å². The van der Waals surface area contributed by atoms with E-state index in [-0.39, 0.29) is 6.79 Å². The number of halogens is 1. The second-order valence-corrected chi connectivity index (χ2v) is 3.47. The van der Waals surface area contributed by atoms with Gasteiger partial charge in [0, 0.05) is 19.2 Å². The van der Waals surface area contributed by atoms with Gasteiger partial charge in [-0.1, -0.05) is 30.7 Å². The molecule has 1 aromatic carbocycles. The Labute approximate surface area is 95.3 Å². The topological polar surface area (TPSA) is 30.5 Å². The summed E-state index contributed by atoms with van der Waals surface area (Å²) in [5.74, 6) is 0.696. The molecule has 0 aromatic heterocycles. The third-order valence-electron chi connectivity index (χ3n) is 1.94. The Morgan fingerprint density at radius 2 is 2.20 bits per heavy atom. The van der Waals surface area contributed by atoms with Gasteiger partial charge in [-0.2, -0.15) is 0 Å². The molecule has 0 unspecified atom stereocenters. The van der Waals surface area contributed by atoms with E-state index < -0.39 is 0 Å². The van der Waals surface area contributed by atoms with Crippen molar-refractivity contribution in [3.05, 3.63) is 28.8 Å². The van der Waals surface area contributed by atoms with Crippen molar-refractivity contribution < 1.29 is 9.47 Å². The molecule has 1 rings (SSSR count). The number of methoxy groups -OCH3 is 1. The first kappa shape index (κ1) is 12.3. The summed E-state index contributed by atoms with van der Waals surface area (Å²) in [4.78, 5) is 0. The SMILES string of the molecule is CCNCc1cccc(Cl)c1OCOC. The first-order valence-corrected chi connectivity index (χ1v) is 5.27. The maximum Gasteiger partial charge on any atom is 0.188 e. The molecule has 0 radical (unpaired) electrons. The fraction of sp³-hybridized carbons (Fsp3) is 0.455. The molecule has 0 fully saturated rings. The molecule has 0 amide bonds. The van der Waals surface area contributed by atoms with E-state index in [2.05, 4.69) is 12.2 Å². The molecule has 4 heteroatoms. The van der Waals surface area contributed by atoms with Gasteiger partial charge in [-0.15, -0.1) is 0 Å². The molecule has 0 bridgehead atoms. The molecule has 0 aliphatic rings. The maximum atomic E-state index is 6.04. The second-order valence-electron chi connectivity index (χ2n) is 3.06. The Hall–Kier alpha value is -0.770. The standard InChI is InChI=1S/C11H16ClNO2/c1-3-13-7-9-5-4-6-10(12)11(9)15-8-14-2/h4-6,13H,3,7-8H2,1-2H3. The van der Waals surface area contributed by atoms with Gasteiger partial charge in [0.1, 0.15) is 5.75 Å². The van der Waals surface area contributed by atoms with E-state index in [1.165, 1.54) is 0 Å². The van der Waals surface area contributed by atoms with E-state index in [1.807, 2.05) is 18.2 Å². The number of ether oxygens (including phenoxy) is 2. The maximum absolute atomic E-state index is 6.04. The van der Waals surface area contributed by atoms with E-state index in [4.69, 9.17) is 21.1 Å². The average Bonchev–Trinajstić information content (AvgIpc) is 2.25. The summed E-state index contributed by atoms with van der Waals surface area (Å²) in [6.45, 7) is 3.93. The van der Waals surface area contributed by atoms with Crippen LogP contribution in [0, 0.1) is 0 Å². The molecular formula is C11H16ClNO2. The van der Waals surface area contributed by atoms with Crippen LogP contribution >= 0.6 is 11.6 Å². The monoisotopic (exact) mass is 229 g/mol. The molecule has 1 N–H and O–H groups in total. The minimum absolute atomic E-state index is 0.211. The molecule has 1 aromatic rings. The van der Waals surface area contributed by atoms with Gasteiger partial charge in [-0.05, 0) is 12.6 Å². The van der Waals surface area contributed by atoms with Gasteiger partial charge in [0.2, 0.25) is 0 Å². The fourth-order valence-corrected chi connectivity index (χ4v) is 1.48. The van der Waals surface area contributed by atoms with Crippen molar-refractivity contribution in [3.63, 3.8) is 0 Å². The van der Waals surface area contributed by atoms with Crippen LogP contribution in [-0.2, 0) is 11.3 Å². The molecule has 0 heterocycles. The molecule has 0 saturated carbocycles. The molecule has 0 spiro atoms. The van der Waals surface area contributed by atoms with Crippen LogP contribution in [0.2, 0.25) is 5.02 Å². The zero-order chi connectivity index (χ0) is 11.1. The Bertz CT molecular complexity index is 305. The predicted octanol–water partition coefficient (Wildman–Crippen LogP) is 2.43. The van der Waals surface area contributed by atoms with Crippen LogP contribution in [0.5, 0.6) is 5.75 Å². The van der Waals surface area contributed by atoms with Crippen molar-refractivity contribution in [3.8, 4) is 5.75 Å². The van der Waals surface area contributed by atoms with Crippen LogP contribution < -0.4 is 10.1 Å². The molecule has 0 saturated heterocycles. The summed E-state index contributed by atoms with van der Waals surface area (Å²) in [6.07, 6.45) is 0. The average molecular weight is 230 g/mol. The van der Waals surface area contributed by atoms with Crippen LogP contribution in [0.4, 0.5) is 0 Å². The highest BCUT2D eigenvalue weighted by Crippen LogP contribution is 2.28. The predicted molar refractivity (Wildman–Crippen MR) is 61.3 cm³/mol. The summed E-state index contributed by atoms with van der Waals surface area (Å²) in [5.41, 5.74) is 1.04. The van der Waals surface area contributed by atoms with Gasteiger partial charge in [0.15, 0.2) is 6.79 Å². The number of nitrogens with one attached hydrogen (secondary N) is 1. The number of para-hydroxylation sites is 1. The zero-order valence-electron chi connectivity index (χ0n) is 9.05. The molecular weight excluding hydrogens is 214 g/mol. The highest BCUT2D eigenvalue weighted by Gasteiger charge is 2.07. The van der Waals surface area contributed by atoms with Crippen molar-refractivity contribution in [2.24, 2.45) is 0 Å². The minimum Gasteiger partial charge on any atom is -0.466 e. The molecule has 0 aliphatic heterocycles. The van der Waals surface area contributed by atoms with Crippen LogP contribution in [0.3, 0.4) is 0 Å². The van der Waals surface area contributed by atoms with Gasteiger partial charge in [0.05, 0.1) is 5.02 Å². The van der Waals surface area contributed by atoms with Gasteiger partial charge in [-0.3, -0.25) is 0 Å². The fourth-order valence-electron chi connectivity index (χ4n) is 1.23. The minimum atomic E-state index is 0.211. The van der Waals surface area contributed by atoms with Crippen LogP contribution in [0.15, 0.2) is 18.2 Å². The highest BCUT2D eigenvalue weighted by molar-refractivity contribution is 6.32. The molecule has 84 valence electrons. The molecule has 0 aliphatic carbocycles. The van der Waals surface area contributed by atoms with Crippen LogP contribution in [0.1, 0.15) is 12.5 Å². The normalized spacial score (nSPS) is 10.3. The van der Waals surface area contributed by atoms with E-state index in [0.29, 0.717) is 10.8 Å². The number of hydrogen-bond acceptors (Lipinski definition) is 3. The van der Waals surface area contributed by atoms with Crippen LogP contribution in [-0.4, -0.2) is 20.4 Å². The lowest BCUT2D eigenvalue weighted by atomic mass is 10.2. The summed E-state index contributed by atoms with van der Waals surface area (Å²) < 4.78 is 10.3. The molecule has 0 atom stereocenters. The van der Waals surface area contributed by atoms with Crippen molar-refractivity contribution in [2.45, 2.75) is 13.5 Å². The lowest BCUT2D eigenvalue weighted by molar-refractivity contribution is 0.0504. The van der Waals surface area contributed by atoms with Gasteiger partial charge in [0.25, 0.3) is 0 Å². The van der Waals surface area contributed by atoms with Gasteiger partial charge < -0.3 is 14.8 Å². The Morgan fingerprint density at radius 3 is 2.87 bits per heavy atom. The number of benzene rings is 1. The highest BCUT2D eigenvalue weighted by atomic mass is 35.5. The largest absolute Gasteiger partial charge is 0.466 e. The lowest BCUT2D eigenvalue weighted by Crippen LogP contribution is -2.13. The van der Waals surface area contributed by atoms with Crippen LogP contribution in [0.25, 0.3) is 0 Å². The summed E-state index contributed by atoms with van der Waals surface area (Å²) in [5, 5.41) is 3.84. The van der Waals surface area contributed by atoms with E-state index in [9.17, 15) is 0 Å². The Balaban J connectivity index is 2.77. The third kappa shape index (κ3) is 3.70. The smallest absolute Gasteiger partial charge is 0.188 e. The number of rotatable bonds is 6. The van der Waals surface area contributed by atoms with Gasteiger partial charge >= 0.3 is 0 Å². The second kappa shape index (κ2) is 6.67. The molecule has 15 heavy (non-hydrogen) atoms. The summed E-state index contributed by atoms with van der Waals surface area (Å²) in [7, 11) is 1.58. The third-order valence-corrected chi connectivity index (χ3v) is 2.23. The zero-order valence-corrected chi connectivity index (χ0v) is 9.80. The van der Waals surface area contributed by atoms with Crippen molar-refractivity contribution in [1.82, 2.24) is 5.32 Å². The Kier molecular flexibility index (Phi) is 5.47. The lowest BCUT2D eigenvalue weighted by Gasteiger charge is -2.12. The van der Waals surface area contributed by atoms with Crippen molar-refractivity contribution in [1.29, 1.82) is 0 Å². The summed E-state index contributed by atoms with van der Waals surface area (Å²) in [6, 6.07) is 5.70. The van der Waals surface area contributed by atoms with Crippen molar-refractivity contribution >= 4 is 11.6 Å². The van der Waals surface area contributed by atoms with Gasteiger partial charge in [-0.25, -0.2) is 0 Å². The molecule has 3 nitrogen and oxygen atoms in total.